The fourth-order valence-corrected chi connectivity index (χ4v) is 0. The molecule has 0 aliphatic heterocycles. The highest BCUT2D eigenvalue weighted by molar-refractivity contribution is 7.80. The van der Waals surface area contributed by atoms with Gasteiger partial charge in [0, 0.05) is 6.92 Å². The van der Waals surface area contributed by atoms with Gasteiger partial charge < -0.3 is 15.0 Å². The van der Waals surface area contributed by atoms with Crippen molar-refractivity contribution in [3.8, 4) is 0 Å². The van der Waals surface area contributed by atoms with E-state index in [1.165, 1.54) is 0 Å². The Balaban J connectivity index is 0. The lowest BCUT2D eigenvalue weighted by molar-refractivity contribution is -0.696. The summed E-state index contributed by atoms with van der Waals surface area (Å²) in [5.41, 5.74) is 0. The first-order valence-corrected chi connectivity index (χ1v) is 4.15. The molecule has 0 aromatic carbocycles. The van der Waals surface area contributed by atoms with Crippen molar-refractivity contribution in [2.24, 2.45) is 0 Å². The molecular weight excluding hydrogens is 174 g/mol. The van der Waals surface area contributed by atoms with Gasteiger partial charge in [0.2, 0.25) is 10.4 Å². The minimum Gasteiger partial charge on any atom is -0.726 e. The highest BCUT2D eigenvalue weighted by Crippen LogP contribution is 1.74. The quantitative estimate of drug-likeness (QED) is 0.285. The molecular formula is C4H13NO5S. The summed E-state index contributed by atoms with van der Waals surface area (Å²) < 4.78 is 31.0. The highest BCUT2D eigenvalue weighted by Gasteiger charge is 1.83. The summed E-state index contributed by atoms with van der Waals surface area (Å²) in [7, 11) is -1.78. The van der Waals surface area contributed by atoms with E-state index in [-0.39, 0.29) is 6.23 Å². The second-order valence-electron chi connectivity index (χ2n) is 1.65. The Morgan fingerprint density at radius 2 is 1.82 bits per heavy atom. The second kappa shape index (κ2) is 6.50. The van der Waals surface area contributed by atoms with Crippen LogP contribution in [0.3, 0.4) is 0 Å². The number of nitrogens with two attached hydrogens (primary N) is 1. The summed E-state index contributed by atoms with van der Waals surface area (Å²) >= 11 is 0. The van der Waals surface area contributed by atoms with Gasteiger partial charge in [0.05, 0.1) is 14.2 Å². The van der Waals surface area contributed by atoms with E-state index in [4.69, 9.17) is 5.11 Å². The number of quaternary nitrogens is 1. The largest absolute Gasteiger partial charge is 0.726 e. The highest BCUT2D eigenvalue weighted by atomic mass is 32.3. The maximum absolute atomic E-state index is 9.22. The minimum absolute atomic E-state index is 0.241. The zero-order chi connectivity index (χ0) is 9.49. The average molecular weight is 187 g/mol. The Bertz CT molecular complexity index is 163. The number of hydrogen-bond acceptors (Lipinski definition) is 5. The van der Waals surface area contributed by atoms with Gasteiger partial charge in [-0.2, -0.15) is 0 Å². The molecule has 0 heterocycles. The molecule has 0 bridgehead atoms. The van der Waals surface area contributed by atoms with Gasteiger partial charge in [-0.25, -0.2) is 8.42 Å². The molecule has 0 aromatic rings. The summed E-state index contributed by atoms with van der Waals surface area (Å²) in [6.07, 6.45) is -0.241. The Morgan fingerprint density at radius 3 is 1.82 bits per heavy atom. The van der Waals surface area contributed by atoms with Gasteiger partial charge in [-0.15, -0.1) is 0 Å². The van der Waals surface area contributed by atoms with Crippen LogP contribution in [-0.4, -0.2) is 38.5 Å². The molecule has 1 atom stereocenters. The summed E-state index contributed by atoms with van der Waals surface area (Å²) in [6.45, 7) is 1.72. The third-order valence-corrected chi connectivity index (χ3v) is 1.09. The molecule has 0 aliphatic rings. The van der Waals surface area contributed by atoms with Crippen LogP contribution in [0.4, 0.5) is 0 Å². The number of aliphatic hydroxyl groups is 1. The molecule has 7 heteroatoms. The zero-order valence-corrected chi connectivity index (χ0v) is 7.46. The Labute approximate surface area is 66.1 Å². The van der Waals surface area contributed by atoms with Crippen LogP contribution in [0, 0.1) is 0 Å². The first-order chi connectivity index (χ1) is 4.83. The van der Waals surface area contributed by atoms with Gasteiger partial charge in [-0.3, -0.25) is 4.18 Å². The van der Waals surface area contributed by atoms with Crippen LogP contribution >= 0.6 is 0 Å². The van der Waals surface area contributed by atoms with Crippen LogP contribution in [0.5, 0.6) is 0 Å². The summed E-state index contributed by atoms with van der Waals surface area (Å²) in [5, 5.41) is 10.0. The van der Waals surface area contributed by atoms with Crippen LogP contribution in [0.25, 0.3) is 0 Å². The van der Waals surface area contributed by atoms with Crippen LogP contribution in [-0.2, 0) is 14.6 Å². The SMILES string of the molecule is COS(=O)(=O)[O-].C[NH2+]C(C)O. The van der Waals surface area contributed by atoms with E-state index in [0.717, 1.165) is 7.11 Å². The molecule has 0 saturated carbocycles. The monoisotopic (exact) mass is 187 g/mol. The van der Waals surface area contributed by atoms with Crippen LogP contribution in [0.1, 0.15) is 6.92 Å². The van der Waals surface area contributed by atoms with E-state index in [2.05, 4.69) is 4.18 Å². The van der Waals surface area contributed by atoms with Gasteiger partial charge >= 0.3 is 0 Å². The van der Waals surface area contributed by atoms with Gasteiger partial charge in [0.15, 0.2) is 6.23 Å². The molecule has 11 heavy (non-hydrogen) atoms. The number of hydrogen-bond donors (Lipinski definition) is 2. The van der Waals surface area contributed by atoms with Crippen LogP contribution in [0.2, 0.25) is 0 Å². The second-order valence-corrected chi connectivity index (χ2v) is 2.80. The minimum atomic E-state index is -4.41. The van der Waals surface area contributed by atoms with Gasteiger partial charge in [0.1, 0.15) is 0 Å². The Morgan fingerprint density at radius 1 is 1.64 bits per heavy atom. The Kier molecular flexibility index (Phi) is 7.91. The van der Waals surface area contributed by atoms with Gasteiger partial charge in [-0.05, 0) is 0 Å². The fourth-order valence-electron chi connectivity index (χ4n) is 0. The third-order valence-electron chi connectivity index (χ3n) is 0.687. The van der Waals surface area contributed by atoms with E-state index >= 15 is 0 Å². The average Bonchev–Trinajstić information content (AvgIpc) is 1.88. The normalized spacial score (nSPS) is 13.2. The van der Waals surface area contributed by atoms with Crippen molar-refractivity contribution in [3.05, 3.63) is 0 Å². The molecule has 0 radical (unpaired) electrons. The molecule has 0 amide bonds. The standard InChI is InChI=1S/C3H9NO.CH4O4S/c1-3(5)4-2;1-5-6(2,3)4/h3-5H,1-2H3;1H3,(H,2,3,4). The van der Waals surface area contributed by atoms with E-state index in [1.807, 2.05) is 7.05 Å². The predicted octanol–water partition coefficient (Wildman–Crippen LogP) is -2.39. The van der Waals surface area contributed by atoms with Crippen molar-refractivity contribution in [2.45, 2.75) is 13.2 Å². The van der Waals surface area contributed by atoms with Gasteiger partial charge in [-0.1, -0.05) is 0 Å². The Hall–Kier alpha value is -0.210. The van der Waals surface area contributed by atoms with Crippen molar-refractivity contribution in [1.29, 1.82) is 0 Å². The molecule has 0 rings (SSSR count). The zero-order valence-electron chi connectivity index (χ0n) is 6.64. The van der Waals surface area contributed by atoms with Crippen LogP contribution < -0.4 is 5.32 Å². The van der Waals surface area contributed by atoms with E-state index in [9.17, 15) is 13.0 Å². The van der Waals surface area contributed by atoms with Crippen LogP contribution in [0.15, 0.2) is 0 Å². The van der Waals surface area contributed by atoms with E-state index in [1.54, 1.807) is 12.2 Å². The molecule has 0 saturated heterocycles. The lowest BCUT2D eigenvalue weighted by atomic mass is 10.7. The van der Waals surface area contributed by atoms with E-state index < -0.39 is 10.4 Å². The van der Waals surface area contributed by atoms with Crippen molar-refractivity contribution < 1.29 is 27.6 Å². The molecule has 0 aromatic heterocycles. The van der Waals surface area contributed by atoms with Crippen molar-refractivity contribution in [1.82, 2.24) is 0 Å². The van der Waals surface area contributed by atoms with Gasteiger partial charge in [0.25, 0.3) is 0 Å². The maximum atomic E-state index is 9.22. The molecule has 3 N–H and O–H groups in total. The first-order valence-electron chi connectivity index (χ1n) is 2.82. The molecule has 0 spiro atoms. The van der Waals surface area contributed by atoms with Crippen molar-refractivity contribution in [2.75, 3.05) is 14.2 Å². The summed E-state index contributed by atoms with van der Waals surface area (Å²) in [5.74, 6) is 0. The van der Waals surface area contributed by atoms with Crippen molar-refractivity contribution >= 4 is 10.4 Å². The molecule has 6 nitrogen and oxygen atoms in total. The number of rotatable bonds is 2. The smallest absolute Gasteiger partial charge is 0.217 e. The molecule has 1 unspecified atom stereocenters. The summed E-state index contributed by atoms with van der Waals surface area (Å²) in [6, 6.07) is 0. The lowest BCUT2D eigenvalue weighted by Gasteiger charge is -1.98. The lowest BCUT2D eigenvalue weighted by Crippen LogP contribution is -2.85. The number of aliphatic hydroxyl groups excluding tert-OH is 1. The fraction of sp³-hybridized carbons (Fsp3) is 1.00. The summed E-state index contributed by atoms with van der Waals surface area (Å²) in [4.78, 5) is 0. The van der Waals surface area contributed by atoms with Crippen molar-refractivity contribution in [3.63, 3.8) is 0 Å². The molecule has 0 aliphatic carbocycles. The van der Waals surface area contributed by atoms with E-state index in [0.29, 0.717) is 0 Å². The maximum Gasteiger partial charge on any atom is 0.217 e. The first kappa shape index (κ1) is 13.4. The third kappa shape index (κ3) is 25.9. The topological polar surface area (TPSA) is 103 Å². The molecule has 0 fully saturated rings. The molecule has 70 valence electrons. The predicted molar refractivity (Wildman–Crippen MR) is 36.2 cm³/mol.